The number of ether oxygens (including phenoxy) is 1. The standard InChI is InChI=1S/C13H14ClN3O4/c1-13(2,3)12-15-11(21-16-12)7-20-8-4-5-10(17(18)19)9(14)6-8/h4-6H,7H2,1-3H3. The highest BCUT2D eigenvalue weighted by Crippen LogP contribution is 2.28. The lowest BCUT2D eigenvalue weighted by atomic mass is 9.96. The Morgan fingerprint density at radius 1 is 1.43 bits per heavy atom. The van der Waals surface area contributed by atoms with E-state index in [0.717, 1.165) is 0 Å². The van der Waals surface area contributed by atoms with Gasteiger partial charge in [0, 0.05) is 17.5 Å². The maximum atomic E-state index is 10.7. The second-order valence-corrected chi connectivity index (χ2v) is 5.83. The van der Waals surface area contributed by atoms with Crippen molar-refractivity contribution in [2.24, 2.45) is 0 Å². The van der Waals surface area contributed by atoms with Gasteiger partial charge in [-0.3, -0.25) is 10.1 Å². The van der Waals surface area contributed by atoms with Crippen LogP contribution in [-0.4, -0.2) is 15.1 Å². The Morgan fingerprint density at radius 3 is 2.67 bits per heavy atom. The minimum Gasteiger partial charge on any atom is -0.484 e. The molecule has 0 bridgehead atoms. The van der Waals surface area contributed by atoms with Gasteiger partial charge < -0.3 is 9.26 Å². The van der Waals surface area contributed by atoms with E-state index in [0.29, 0.717) is 17.5 Å². The molecule has 112 valence electrons. The topological polar surface area (TPSA) is 91.3 Å². The van der Waals surface area contributed by atoms with Crippen LogP contribution in [0.3, 0.4) is 0 Å². The molecule has 0 atom stereocenters. The van der Waals surface area contributed by atoms with E-state index in [1.807, 2.05) is 20.8 Å². The summed E-state index contributed by atoms with van der Waals surface area (Å²) < 4.78 is 10.5. The van der Waals surface area contributed by atoms with Gasteiger partial charge in [0.05, 0.1) is 4.92 Å². The molecule has 0 saturated carbocycles. The molecule has 0 fully saturated rings. The van der Waals surface area contributed by atoms with Crippen molar-refractivity contribution in [3.05, 3.63) is 45.1 Å². The third-order valence-electron chi connectivity index (χ3n) is 2.62. The molecule has 1 aromatic heterocycles. The number of aromatic nitrogens is 2. The van der Waals surface area contributed by atoms with Gasteiger partial charge in [0.1, 0.15) is 10.8 Å². The maximum Gasteiger partial charge on any atom is 0.288 e. The first-order chi connectivity index (χ1) is 9.77. The lowest BCUT2D eigenvalue weighted by Crippen LogP contribution is -2.13. The Kier molecular flexibility index (Phi) is 4.13. The van der Waals surface area contributed by atoms with Crippen LogP contribution < -0.4 is 4.74 Å². The van der Waals surface area contributed by atoms with Crippen LogP contribution in [0.4, 0.5) is 5.69 Å². The second kappa shape index (κ2) is 5.69. The molecule has 1 heterocycles. The monoisotopic (exact) mass is 311 g/mol. The molecular formula is C13H14ClN3O4. The van der Waals surface area contributed by atoms with Gasteiger partial charge in [0.2, 0.25) is 0 Å². The summed E-state index contributed by atoms with van der Waals surface area (Å²) in [6.07, 6.45) is 0. The lowest BCUT2D eigenvalue weighted by Gasteiger charge is -2.10. The molecule has 0 aliphatic heterocycles. The predicted molar refractivity (Wildman–Crippen MR) is 75.4 cm³/mol. The molecule has 0 N–H and O–H groups in total. The Morgan fingerprint density at radius 2 is 2.14 bits per heavy atom. The van der Waals surface area contributed by atoms with Crippen LogP contribution in [0.5, 0.6) is 5.75 Å². The Balaban J connectivity index is 2.05. The van der Waals surface area contributed by atoms with Crippen LogP contribution in [0.15, 0.2) is 22.7 Å². The zero-order valence-corrected chi connectivity index (χ0v) is 12.5. The Bertz CT molecular complexity index is 664. The first kappa shape index (κ1) is 15.2. The van der Waals surface area contributed by atoms with E-state index in [1.165, 1.54) is 18.2 Å². The minimum atomic E-state index is -0.556. The van der Waals surface area contributed by atoms with E-state index in [4.69, 9.17) is 20.9 Å². The first-order valence-electron chi connectivity index (χ1n) is 6.17. The average molecular weight is 312 g/mol. The van der Waals surface area contributed by atoms with Crippen LogP contribution in [0, 0.1) is 10.1 Å². The van der Waals surface area contributed by atoms with Crippen molar-refractivity contribution >= 4 is 17.3 Å². The van der Waals surface area contributed by atoms with Gasteiger partial charge in [-0.25, -0.2) is 0 Å². The predicted octanol–water partition coefficient (Wildman–Crippen LogP) is 3.51. The van der Waals surface area contributed by atoms with Crippen LogP contribution in [0.2, 0.25) is 5.02 Å². The maximum absolute atomic E-state index is 10.7. The number of nitrogens with zero attached hydrogens (tertiary/aromatic N) is 3. The van der Waals surface area contributed by atoms with E-state index < -0.39 is 4.92 Å². The van der Waals surface area contributed by atoms with E-state index in [-0.39, 0.29) is 22.7 Å². The summed E-state index contributed by atoms with van der Waals surface area (Å²) in [4.78, 5) is 14.3. The molecule has 7 nitrogen and oxygen atoms in total. The quantitative estimate of drug-likeness (QED) is 0.634. The molecule has 0 radical (unpaired) electrons. The molecule has 0 unspecified atom stereocenters. The van der Waals surface area contributed by atoms with E-state index in [9.17, 15) is 10.1 Å². The Hall–Kier alpha value is -2.15. The average Bonchev–Trinajstić information content (AvgIpc) is 2.84. The summed E-state index contributed by atoms with van der Waals surface area (Å²) >= 11 is 5.80. The lowest BCUT2D eigenvalue weighted by molar-refractivity contribution is -0.384. The van der Waals surface area contributed by atoms with Gasteiger partial charge in [-0.15, -0.1) is 0 Å². The summed E-state index contributed by atoms with van der Waals surface area (Å²) in [7, 11) is 0. The fourth-order valence-electron chi connectivity index (χ4n) is 1.49. The van der Waals surface area contributed by atoms with Crippen molar-refractivity contribution in [1.29, 1.82) is 0 Å². The normalized spacial score (nSPS) is 11.4. The van der Waals surface area contributed by atoms with Crippen molar-refractivity contribution in [2.75, 3.05) is 0 Å². The molecule has 1 aromatic carbocycles. The number of nitro groups is 1. The summed E-state index contributed by atoms with van der Waals surface area (Å²) in [6.45, 7) is 5.98. The SMILES string of the molecule is CC(C)(C)c1noc(COc2ccc([N+](=O)[O-])c(Cl)c2)n1. The van der Waals surface area contributed by atoms with E-state index in [1.54, 1.807) is 0 Å². The fourth-order valence-corrected chi connectivity index (χ4v) is 1.73. The smallest absolute Gasteiger partial charge is 0.288 e. The molecule has 0 saturated heterocycles. The van der Waals surface area contributed by atoms with Crippen LogP contribution in [0.1, 0.15) is 32.5 Å². The molecule has 8 heteroatoms. The van der Waals surface area contributed by atoms with Crippen LogP contribution >= 0.6 is 11.6 Å². The third-order valence-corrected chi connectivity index (χ3v) is 2.92. The largest absolute Gasteiger partial charge is 0.484 e. The fraction of sp³-hybridized carbons (Fsp3) is 0.385. The number of hydrogen-bond donors (Lipinski definition) is 0. The molecule has 21 heavy (non-hydrogen) atoms. The first-order valence-corrected chi connectivity index (χ1v) is 6.55. The summed E-state index contributed by atoms with van der Waals surface area (Å²) in [5.41, 5.74) is -0.380. The zero-order valence-electron chi connectivity index (χ0n) is 11.8. The van der Waals surface area contributed by atoms with Crippen LogP contribution in [-0.2, 0) is 12.0 Å². The number of rotatable bonds is 4. The highest BCUT2D eigenvalue weighted by atomic mass is 35.5. The van der Waals surface area contributed by atoms with E-state index in [2.05, 4.69) is 10.1 Å². The van der Waals surface area contributed by atoms with Crippen molar-refractivity contribution in [3.63, 3.8) is 0 Å². The molecular weight excluding hydrogens is 298 g/mol. The van der Waals surface area contributed by atoms with Crippen molar-refractivity contribution in [1.82, 2.24) is 10.1 Å². The zero-order chi connectivity index (χ0) is 15.6. The molecule has 2 rings (SSSR count). The van der Waals surface area contributed by atoms with Crippen LogP contribution in [0.25, 0.3) is 0 Å². The number of halogens is 1. The van der Waals surface area contributed by atoms with Gasteiger partial charge in [-0.1, -0.05) is 37.5 Å². The van der Waals surface area contributed by atoms with Gasteiger partial charge >= 0.3 is 0 Å². The Labute approximate surface area is 126 Å². The molecule has 0 amide bonds. The van der Waals surface area contributed by atoms with Gasteiger partial charge in [0.15, 0.2) is 12.4 Å². The van der Waals surface area contributed by atoms with Gasteiger partial charge in [0.25, 0.3) is 11.6 Å². The highest BCUT2D eigenvalue weighted by molar-refractivity contribution is 6.32. The van der Waals surface area contributed by atoms with Crippen molar-refractivity contribution in [3.8, 4) is 5.75 Å². The molecule has 0 spiro atoms. The summed E-state index contributed by atoms with van der Waals surface area (Å²) in [6, 6.07) is 4.12. The van der Waals surface area contributed by atoms with Crippen molar-refractivity contribution < 1.29 is 14.2 Å². The van der Waals surface area contributed by atoms with E-state index >= 15 is 0 Å². The number of hydrogen-bond acceptors (Lipinski definition) is 6. The van der Waals surface area contributed by atoms with Gasteiger partial charge in [-0.05, 0) is 6.07 Å². The third kappa shape index (κ3) is 3.69. The highest BCUT2D eigenvalue weighted by Gasteiger charge is 2.21. The summed E-state index contributed by atoms with van der Waals surface area (Å²) in [5.74, 6) is 1.30. The molecule has 2 aromatic rings. The molecule has 0 aliphatic carbocycles. The van der Waals surface area contributed by atoms with Crippen molar-refractivity contribution in [2.45, 2.75) is 32.8 Å². The number of nitro benzene ring substituents is 1. The van der Waals surface area contributed by atoms with Gasteiger partial charge in [-0.2, -0.15) is 4.98 Å². The second-order valence-electron chi connectivity index (χ2n) is 5.42. The number of benzene rings is 1. The molecule has 0 aliphatic rings. The summed E-state index contributed by atoms with van der Waals surface area (Å²) in [5, 5.41) is 14.5. The minimum absolute atomic E-state index is 0.0124.